The van der Waals surface area contributed by atoms with Gasteiger partial charge in [0.1, 0.15) is 0 Å². The van der Waals surface area contributed by atoms with Gasteiger partial charge in [0.25, 0.3) is 5.91 Å². The molecule has 1 N–H and O–H groups in total. The Morgan fingerprint density at radius 1 is 1.06 bits per heavy atom. The molecule has 0 aliphatic carbocycles. The van der Waals surface area contributed by atoms with Crippen LogP contribution >= 0.6 is 0 Å². The zero-order valence-electron chi connectivity index (χ0n) is 9.71. The molecule has 2 aromatic carbocycles. The van der Waals surface area contributed by atoms with Crippen molar-refractivity contribution in [2.45, 2.75) is 6.92 Å². The molecule has 18 heavy (non-hydrogen) atoms. The predicted molar refractivity (Wildman–Crippen MR) is 65.5 cm³/mol. The van der Waals surface area contributed by atoms with Crippen molar-refractivity contribution in [1.82, 2.24) is 0 Å². The molecule has 0 fully saturated rings. The van der Waals surface area contributed by atoms with Crippen LogP contribution in [0.5, 0.6) is 0 Å². The Morgan fingerprint density at radius 3 is 2.44 bits per heavy atom. The van der Waals surface area contributed by atoms with Crippen molar-refractivity contribution in [3.63, 3.8) is 0 Å². The molecule has 1 amide bonds. The Labute approximate surface area is 103 Å². The van der Waals surface area contributed by atoms with E-state index in [-0.39, 0.29) is 5.56 Å². The molecule has 0 spiro atoms. The number of carbonyl (C=O) groups is 1. The van der Waals surface area contributed by atoms with E-state index < -0.39 is 17.5 Å². The summed E-state index contributed by atoms with van der Waals surface area (Å²) in [5.41, 5.74) is 1.62. The molecule has 0 saturated carbocycles. The fourth-order valence-electron chi connectivity index (χ4n) is 1.55. The number of hydrogen-bond donors (Lipinski definition) is 1. The summed E-state index contributed by atoms with van der Waals surface area (Å²) >= 11 is 0. The van der Waals surface area contributed by atoms with Gasteiger partial charge in [-0.3, -0.25) is 4.79 Å². The van der Waals surface area contributed by atoms with E-state index in [1.165, 1.54) is 6.07 Å². The zero-order chi connectivity index (χ0) is 13.1. The van der Waals surface area contributed by atoms with Crippen molar-refractivity contribution in [3.05, 3.63) is 65.2 Å². The van der Waals surface area contributed by atoms with E-state index in [4.69, 9.17) is 0 Å². The van der Waals surface area contributed by atoms with Crippen LogP contribution in [0.2, 0.25) is 0 Å². The summed E-state index contributed by atoms with van der Waals surface area (Å²) in [5.74, 6) is -2.47. The van der Waals surface area contributed by atoms with Crippen LogP contribution in [0.25, 0.3) is 0 Å². The fraction of sp³-hybridized carbons (Fsp3) is 0.0714. The summed E-state index contributed by atoms with van der Waals surface area (Å²) < 4.78 is 25.7. The van der Waals surface area contributed by atoms with Crippen LogP contribution in [0.3, 0.4) is 0 Å². The van der Waals surface area contributed by atoms with E-state index in [0.717, 1.165) is 17.7 Å². The maximum atomic E-state index is 13.0. The number of rotatable bonds is 2. The third kappa shape index (κ3) is 2.53. The number of carbonyl (C=O) groups excluding carboxylic acids is 1. The summed E-state index contributed by atoms with van der Waals surface area (Å²) in [6.07, 6.45) is 0. The number of nitrogens with one attached hydrogen (secondary N) is 1. The van der Waals surface area contributed by atoms with Gasteiger partial charge in [0.05, 0.1) is 0 Å². The largest absolute Gasteiger partial charge is 0.322 e. The highest BCUT2D eigenvalue weighted by Gasteiger charge is 2.10. The van der Waals surface area contributed by atoms with Crippen LogP contribution < -0.4 is 5.32 Å². The Morgan fingerprint density at radius 2 is 1.78 bits per heavy atom. The van der Waals surface area contributed by atoms with Gasteiger partial charge in [0, 0.05) is 11.3 Å². The molecule has 0 saturated heterocycles. The van der Waals surface area contributed by atoms with Gasteiger partial charge in [0.15, 0.2) is 11.6 Å². The number of hydrogen-bond acceptors (Lipinski definition) is 1. The van der Waals surface area contributed by atoms with E-state index in [9.17, 15) is 13.6 Å². The van der Waals surface area contributed by atoms with Crippen molar-refractivity contribution in [3.8, 4) is 0 Å². The second kappa shape index (κ2) is 4.96. The minimum Gasteiger partial charge on any atom is -0.322 e. The van der Waals surface area contributed by atoms with Gasteiger partial charge >= 0.3 is 0 Å². The van der Waals surface area contributed by atoms with Gasteiger partial charge in [-0.25, -0.2) is 8.78 Å². The zero-order valence-corrected chi connectivity index (χ0v) is 9.71. The summed E-state index contributed by atoms with van der Waals surface area (Å²) in [6.45, 7) is 1.85. The van der Waals surface area contributed by atoms with Crippen LogP contribution in [0.1, 0.15) is 15.9 Å². The smallest absolute Gasteiger partial charge is 0.255 e. The van der Waals surface area contributed by atoms with Gasteiger partial charge in [0.2, 0.25) is 0 Å². The van der Waals surface area contributed by atoms with Crippen molar-refractivity contribution in [1.29, 1.82) is 0 Å². The monoisotopic (exact) mass is 247 g/mol. The molecule has 0 aromatic heterocycles. The molecule has 0 aliphatic rings. The van der Waals surface area contributed by atoms with Gasteiger partial charge in [-0.15, -0.1) is 0 Å². The number of para-hydroxylation sites is 1. The molecule has 2 aromatic rings. The van der Waals surface area contributed by atoms with Gasteiger partial charge < -0.3 is 5.32 Å². The molecule has 0 unspecified atom stereocenters. The number of aryl methyl sites for hydroxylation is 1. The lowest BCUT2D eigenvalue weighted by Gasteiger charge is -2.08. The normalized spacial score (nSPS) is 10.2. The summed E-state index contributed by atoms with van der Waals surface area (Å²) in [7, 11) is 0. The van der Waals surface area contributed by atoms with E-state index in [2.05, 4.69) is 5.32 Å². The standard InChI is InChI=1S/C14H11F2NO/c1-9-4-2-3-5-13(9)17-14(18)10-6-7-11(15)12(16)8-10/h2-8H,1H3,(H,17,18). The number of anilines is 1. The van der Waals surface area contributed by atoms with Crippen LogP contribution in [0, 0.1) is 18.6 Å². The average Bonchev–Trinajstić information content (AvgIpc) is 2.35. The molecule has 0 heterocycles. The summed E-state index contributed by atoms with van der Waals surface area (Å²) in [4.78, 5) is 11.8. The maximum Gasteiger partial charge on any atom is 0.255 e. The summed E-state index contributed by atoms with van der Waals surface area (Å²) in [6, 6.07) is 10.3. The second-order valence-electron chi connectivity index (χ2n) is 3.90. The van der Waals surface area contributed by atoms with Gasteiger partial charge in [-0.2, -0.15) is 0 Å². The maximum absolute atomic E-state index is 13.0. The highest BCUT2D eigenvalue weighted by molar-refractivity contribution is 6.04. The molecule has 0 radical (unpaired) electrons. The minimum atomic E-state index is -1.03. The minimum absolute atomic E-state index is 0.0807. The van der Waals surface area contributed by atoms with Crippen molar-refractivity contribution >= 4 is 11.6 Å². The molecular weight excluding hydrogens is 236 g/mol. The van der Waals surface area contributed by atoms with Crippen LogP contribution in [-0.4, -0.2) is 5.91 Å². The van der Waals surface area contributed by atoms with E-state index in [1.54, 1.807) is 12.1 Å². The predicted octanol–water partition coefficient (Wildman–Crippen LogP) is 3.53. The fourth-order valence-corrected chi connectivity index (χ4v) is 1.55. The van der Waals surface area contributed by atoms with E-state index in [1.807, 2.05) is 19.1 Å². The van der Waals surface area contributed by atoms with Crippen molar-refractivity contribution in [2.24, 2.45) is 0 Å². The van der Waals surface area contributed by atoms with Crippen LogP contribution in [0.4, 0.5) is 14.5 Å². The van der Waals surface area contributed by atoms with Crippen LogP contribution in [-0.2, 0) is 0 Å². The highest BCUT2D eigenvalue weighted by Crippen LogP contribution is 2.15. The third-order valence-electron chi connectivity index (χ3n) is 2.58. The molecule has 2 nitrogen and oxygen atoms in total. The Hall–Kier alpha value is -2.23. The van der Waals surface area contributed by atoms with E-state index >= 15 is 0 Å². The van der Waals surface area contributed by atoms with Crippen LogP contribution in [0.15, 0.2) is 42.5 Å². The SMILES string of the molecule is Cc1ccccc1NC(=O)c1ccc(F)c(F)c1. The first kappa shape index (κ1) is 12.2. The molecule has 0 aliphatic heterocycles. The number of halogens is 2. The quantitative estimate of drug-likeness (QED) is 0.864. The lowest BCUT2D eigenvalue weighted by Crippen LogP contribution is -2.13. The topological polar surface area (TPSA) is 29.1 Å². The third-order valence-corrected chi connectivity index (χ3v) is 2.58. The molecule has 92 valence electrons. The molecule has 0 bridgehead atoms. The first-order valence-electron chi connectivity index (χ1n) is 5.40. The van der Waals surface area contributed by atoms with Gasteiger partial charge in [-0.1, -0.05) is 18.2 Å². The first-order chi connectivity index (χ1) is 8.58. The Bertz CT molecular complexity index is 596. The molecular formula is C14H11F2NO. The summed E-state index contributed by atoms with van der Waals surface area (Å²) in [5, 5.41) is 2.65. The molecule has 4 heteroatoms. The lowest BCUT2D eigenvalue weighted by atomic mass is 10.1. The lowest BCUT2D eigenvalue weighted by molar-refractivity contribution is 0.102. The first-order valence-corrected chi connectivity index (χ1v) is 5.40. The number of amides is 1. The van der Waals surface area contributed by atoms with E-state index in [0.29, 0.717) is 5.69 Å². The molecule has 2 rings (SSSR count). The number of benzene rings is 2. The molecule has 0 atom stereocenters. The Kier molecular flexibility index (Phi) is 3.37. The second-order valence-corrected chi connectivity index (χ2v) is 3.90. The average molecular weight is 247 g/mol. The Balaban J connectivity index is 2.22. The van der Waals surface area contributed by atoms with Crippen molar-refractivity contribution in [2.75, 3.05) is 5.32 Å². The van der Waals surface area contributed by atoms with Gasteiger partial charge in [-0.05, 0) is 36.8 Å². The highest BCUT2D eigenvalue weighted by atomic mass is 19.2. The van der Waals surface area contributed by atoms with Crippen molar-refractivity contribution < 1.29 is 13.6 Å².